The summed E-state index contributed by atoms with van der Waals surface area (Å²) in [7, 11) is 0. The fourth-order valence-electron chi connectivity index (χ4n) is 3.26. The molecule has 1 fully saturated rings. The molecule has 1 aromatic carbocycles. The van der Waals surface area contributed by atoms with E-state index in [2.05, 4.69) is 42.3 Å². The van der Waals surface area contributed by atoms with Crippen molar-refractivity contribution in [1.29, 1.82) is 0 Å². The average molecular weight is 256 g/mol. The summed E-state index contributed by atoms with van der Waals surface area (Å²) >= 11 is 0. The maximum absolute atomic E-state index is 4.30. The Morgan fingerprint density at radius 1 is 1.21 bits per heavy atom. The minimum Gasteiger partial charge on any atom is -0.359 e. The summed E-state index contributed by atoms with van der Waals surface area (Å²) in [6.07, 6.45) is 6.13. The molecule has 2 heteroatoms. The summed E-state index contributed by atoms with van der Waals surface area (Å²) < 4.78 is 0. The van der Waals surface area contributed by atoms with Gasteiger partial charge in [-0.05, 0) is 68.5 Å². The molecule has 1 aliphatic heterocycles. The van der Waals surface area contributed by atoms with Crippen LogP contribution in [0.3, 0.4) is 0 Å². The molecule has 0 bridgehead atoms. The van der Waals surface area contributed by atoms with Crippen LogP contribution in [0.1, 0.15) is 37.3 Å². The fourth-order valence-corrected chi connectivity index (χ4v) is 3.26. The van der Waals surface area contributed by atoms with Crippen LogP contribution in [0.4, 0.5) is 5.69 Å². The Labute approximate surface area is 116 Å². The minimum absolute atomic E-state index is 0.226. The molecule has 0 aromatic heterocycles. The second-order valence-corrected chi connectivity index (χ2v) is 6.25. The molecular weight excluding hydrogens is 232 g/mol. The molecule has 2 N–H and O–H groups in total. The van der Waals surface area contributed by atoms with E-state index in [1.54, 1.807) is 0 Å². The second-order valence-electron chi connectivity index (χ2n) is 6.25. The van der Waals surface area contributed by atoms with Crippen molar-refractivity contribution in [3.63, 3.8) is 0 Å². The van der Waals surface area contributed by atoms with Gasteiger partial charge < -0.3 is 10.6 Å². The van der Waals surface area contributed by atoms with Crippen LogP contribution in [-0.4, -0.2) is 13.1 Å². The molecule has 0 atom stereocenters. The third-order valence-electron chi connectivity index (χ3n) is 4.83. The lowest BCUT2D eigenvalue weighted by Gasteiger charge is -2.36. The van der Waals surface area contributed by atoms with Crippen molar-refractivity contribution in [1.82, 2.24) is 5.32 Å². The van der Waals surface area contributed by atoms with Crippen molar-refractivity contribution in [3.8, 4) is 0 Å². The van der Waals surface area contributed by atoms with Gasteiger partial charge in [0.05, 0.1) is 0 Å². The van der Waals surface area contributed by atoms with Crippen LogP contribution in [0, 0.1) is 5.41 Å². The highest BCUT2D eigenvalue weighted by Crippen LogP contribution is 2.36. The molecule has 2 aliphatic rings. The van der Waals surface area contributed by atoms with Crippen LogP contribution in [0.5, 0.6) is 0 Å². The molecule has 0 unspecified atom stereocenters. The van der Waals surface area contributed by atoms with Crippen LogP contribution in [-0.2, 0) is 12.8 Å². The van der Waals surface area contributed by atoms with Crippen molar-refractivity contribution in [2.75, 3.05) is 18.4 Å². The molecule has 0 amide bonds. The maximum Gasteiger partial charge on any atom is 0.0384 e. The summed E-state index contributed by atoms with van der Waals surface area (Å²) in [5.74, 6) is 0. The summed E-state index contributed by atoms with van der Waals surface area (Å²) in [6.45, 7) is 8.83. The lowest BCUT2D eigenvalue weighted by atomic mass is 9.78. The van der Waals surface area contributed by atoms with Gasteiger partial charge in [0.15, 0.2) is 0 Å². The lowest BCUT2D eigenvalue weighted by Crippen LogP contribution is -2.37. The first-order valence-electron chi connectivity index (χ1n) is 7.46. The van der Waals surface area contributed by atoms with Crippen molar-refractivity contribution in [2.24, 2.45) is 5.41 Å². The first-order valence-corrected chi connectivity index (χ1v) is 7.46. The Hall–Kier alpha value is -1.28. The van der Waals surface area contributed by atoms with E-state index in [0.717, 1.165) is 13.1 Å². The minimum atomic E-state index is 0.226. The van der Waals surface area contributed by atoms with E-state index < -0.39 is 0 Å². The molecule has 1 heterocycles. The van der Waals surface area contributed by atoms with Crippen molar-refractivity contribution >= 4 is 5.69 Å². The third kappa shape index (κ3) is 2.55. The molecule has 1 saturated heterocycles. The number of hydrogen-bond donors (Lipinski definition) is 2. The predicted octanol–water partition coefficient (Wildman–Crippen LogP) is 3.49. The third-order valence-corrected chi connectivity index (χ3v) is 4.83. The summed E-state index contributed by atoms with van der Waals surface area (Å²) in [4.78, 5) is 0. The van der Waals surface area contributed by atoms with E-state index in [9.17, 15) is 0 Å². The van der Waals surface area contributed by atoms with E-state index >= 15 is 0 Å². The number of allylic oxidation sites excluding steroid dienone is 1. The number of nitrogens with one attached hydrogen (secondary N) is 2. The normalized spacial score (nSPS) is 20.9. The van der Waals surface area contributed by atoms with E-state index in [1.807, 2.05) is 0 Å². The Morgan fingerprint density at radius 2 is 1.95 bits per heavy atom. The zero-order valence-corrected chi connectivity index (χ0v) is 11.9. The number of piperidine rings is 1. The maximum atomic E-state index is 4.30. The topological polar surface area (TPSA) is 24.1 Å². The standard InChI is InChI=1S/C17H24N2/c1-13(17(2)8-10-18-11-9-17)19-16-7-6-14-4-3-5-15(14)12-16/h6-7,12,18-19H,1,3-5,8-11H2,2H3. The van der Waals surface area contributed by atoms with Gasteiger partial charge in [-0.25, -0.2) is 0 Å². The van der Waals surface area contributed by atoms with Crippen LogP contribution in [0.25, 0.3) is 0 Å². The van der Waals surface area contributed by atoms with Crippen LogP contribution in [0.2, 0.25) is 0 Å². The molecule has 0 saturated carbocycles. The molecule has 2 nitrogen and oxygen atoms in total. The highest BCUT2D eigenvalue weighted by atomic mass is 14.9. The Bertz CT molecular complexity index is 484. The number of anilines is 1. The molecule has 19 heavy (non-hydrogen) atoms. The first kappa shape index (κ1) is 12.7. The summed E-state index contributed by atoms with van der Waals surface area (Å²) in [5.41, 5.74) is 5.67. The quantitative estimate of drug-likeness (QED) is 0.865. The van der Waals surface area contributed by atoms with Crippen molar-refractivity contribution < 1.29 is 0 Å². The molecule has 1 aliphatic carbocycles. The Kier molecular flexibility index (Phi) is 3.36. The number of benzene rings is 1. The van der Waals surface area contributed by atoms with Crippen LogP contribution in [0.15, 0.2) is 30.5 Å². The lowest BCUT2D eigenvalue weighted by molar-refractivity contribution is 0.285. The molecule has 0 radical (unpaired) electrons. The Balaban J connectivity index is 1.72. The zero-order chi connectivity index (χ0) is 13.3. The fraction of sp³-hybridized carbons (Fsp3) is 0.529. The van der Waals surface area contributed by atoms with Gasteiger partial charge in [-0.1, -0.05) is 19.6 Å². The van der Waals surface area contributed by atoms with Gasteiger partial charge >= 0.3 is 0 Å². The van der Waals surface area contributed by atoms with Gasteiger partial charge in [-0.2, -0.15) is 0 Å². The average Bonchev–Trinajstić information content (AvgIpc) is 2.87. The summed E-state index contributed by atoms with van der Waals surface area (Å²) in [5, 5.41) is 6.98. The number of fused-ring (bicyclic) bond motifs is 1. The highest BCUT2D eigenvalue weighted by Gasteiger charge is 2.29. The van der Waals surface area contributed by atoms with Crippen LogP contribution >= 0.6 is 0 Å². The Morgan fingerprint density at radius 3 is 2.74 bits per heavy atom. The van der Waals surface area contributed by atoms with E-state index in [1.165, 1.54) is 54.6 Å². The van der Waals surface area contributed by atoms with Crippen molar-refractivity contribution in [2.45, 2.75) is 39.0 Å². The molecular formula is C17H24N2. The molecule has 102 valence electrons. The zero-order valence-electron chi connectivity index (χ0n) is 11.9. The molecule has 0 spiro atoms. The van der Waals surface area contributed by atoms with Gasteiger partial charge in [0.25, 0.3) is 0 Å². The largest absolute Gasteiger partial charge is 0.359 e. The van der Waals surface area contributed by atoms with E-state index in [-0.39, 0.29) is 5.41 Å². The van der Waals surface area contributed by atoms with Crippen molar-refractivity contribution in [3.05, 3.63) is 41.6 Å². The van der Waals surface area contributed by atoms with Gasteiger partial charge in [0.1, 0.15) is 0 Å². The monoisotopic (exact) mass is 256 g/mol. The number of rotatable bonds is 3. The summed E-state index contributed by atoms with van der Waals surface area (Å²) in [6, 6.07) is 6.81. The highest BCUT2D eigenvalue weighted by molar-refractivity contribution is 5.53. The SMILES string of the molecule is C=C(Nc1ccc2c(c1)CCC2)C1(C)CCNCC1. The first-order chi connectivity index (χ1) is 9.17. The number of hydrogen-bond acceptors (Lipinski definition) is 2. The van der Waals surface area contributed by atoms with Gasteiger partial charge in [0.2, 0.25) is 0 Å². The number of aryl methyl sites for hydroxylation is 2. The van der Waals surface area contributed by atoms with Gasteiger partial charge in [0, 0.05) is 16.8 Å². The van der Waals surface area contributed by atoms with E-state index in [4.69, 9.17) is 0 Å². The smallest absolute Gasteiger partial charge is 0.0384 e. The van der Waals surface area contributed by atoms with Gasteiger partial charge in [-0.15, -0.1) is 0 Å². The van der Waals surface area contributed by atoms with Crippen LogP contribution < -0.4 is 10.6 Å². The molecule has 1 aromatic rings. The molecule has 3 rings (SSSR count). The second kappa shape index (κ2) is 5.01. The van der Waals surface area contributed by atoms with Gasteiger partial charge in [-0.3, -0.25) is 0 Å². The predicted molar refractivity (Wildman–Crippen MR) is 81.4 cm³/mol. The van der Waals surface area contributed by atoms with E-state index in [0.29, 0.717) is 0 Å².